The van der Waals surface area contributed by atoms with E-state index in [9.17, 15) is 43.8 Å². The van der Waals surface area contributed by atoms with Gasteiger partial charge in [0.15, 0.2) is 13.2 Å². The van der Waals surface area contributed by atoms with Crippen LogP contribution in [0.2, 0.25) is 0 Å². The van der Waals surface area contributed by atoms with E-state index in [4.69, 9.17) is 18.9 Å². The Kier molecular flexibility index (Phi) is 21.8. The van der Waals surface area contributed by atoms with Crippen LogP contribution in [-0.2, 0) is 33.4 Å². The number of rotatable bonds is 32. The lowest BCUT2D eigenvalue weighted by molar-refractivity contribution is -0.149. The molecule has 0 saturated carbocycles. The molecule has 2 fully saturated rings. The standard InChI is InChI=1S/C51H76N6O13S/c1-48(2,45(62)63)19-25-69-50(5,6)17-21-52-41(59)30-67-36-15-13-33(14-16-36)34-27-35(29-37(28-34)68-31-42(60)53-22-18-51(7,8)70-26-20-49(3,4)46(64)65)44(61)55-24-23-54-40(58)12-10-9-11-39-43-38(32-71-39)56-47(66)57-43/h13-16,27-29,38-39,43H,9-12,17-26,30-32H2,1-8H3,(H,52,59)(H,53,60)(H,54,58)(H,55,61)(H,62,63)(H,64,65)(H2,56,57,66)/t38-,39-,43-/m0/s1. The molecular formula is C51H76N6O13S. The van der Waals surface area contributed by atoms with Gasteiger partial charge in [0.1, 0.15) is 11.5 Å². The number of nitrogens with one attached hydrogen (secondary N) is 6. The third kappa shape index (κ3) is 20.2. The Morgan fingerprint density at radius 2 is 1.17 bits per heavy atom. The summed E-state index contributed by atoms with van der Waals surface area (Å²) >= 11 is 1.84. The lowest BCUT2D eigenvalue weighted by atomic mass is 9.90. The summed E-state index contributed by atoms with van der Waals surface area (Å²) in [4.78, 5) is 86.2. The Hall–Kier alpha value is -5.60. The van der Waals surface area contributed by atoms with Gasteiger partial charge in [-0.05, 0) is 135 Å². The van der Waals surface area contributed by atoms with Gasteiger partial charge in [-0.15, -0.1) is 0 Å². The quantitative estimate of drug-likeness (QED) is 0.0342. The summed E-state index contributed by atoms with van der Waals surface area (Å²) in [6.07, 6.45) is 4.47. The molecule has 0 spiro atoms. The molecular weight excluding hydrogens is 937 g/mol. The van der Waals surface area contributed by atoms with Crippen molar-refractivity contribution in [2.45, 2.75) is 135 Å². The first kappa shape index (κ1) is 58.0. The summed E-state index contributed by atoms with van der Waals surface area (Å²) in [5, 5.41) is 36.3. The molecule has 71 heavy (non-hydrogen) atoms. The third-order valence-electron chi connectivity index (χ3n) is 12.6. The molecule has 4 rings (SSSR count). The highest BCUT2D eigenvalue weighted by molar-refractivity contribution is 8.00. The second-order valence-corrected chi connectivity index (χ2v) is 21.9. The van der Waals surface area contributed by atoms with E-state index in [1.807, 2.05) is 39.5 Å². The van der Waals surface area contributed by atoms with Crippen LogP contribution in [-0.4, -0.2) is 139 Å². The summed E-state index contributed by atoms with van der Waals surface area (Å²) in [6, 6.07) is 12.0. The summed E-state index contributed by atoms with van der Waals surface area (Å²) in [5.41, 5.74) is -1.48. The zero-order valence-electron chi connectivity index (χ0n) is 42.6. The van der Waals surface area contributed by atoms with Crippen LogP contribution in [0, 0.1) is 10.8 Å². The maximum atomic E-state index is 13.5. The number of aliphatic carboxylic acids is 2. The molecule has 0 unspecified atom stereocenters. The van der Waals surface area contributed by atoms with Gasteiger partial charge in [0.25, 0.3) is 17.7 Å². The van der Waals surface area contributed by atoms with Crippen LogP contribution in [0.25, 0.3) is 11.1 Å². The van der Waals surface area contributed by atoms with Crippen molar-refractivity contribution in [2.75, 3.05) is 58.4 Å². The lowest BCUT2D eigenvalue weighted by Crippen LogP contribution is -2.36. The fourth-order valence-corrected chi connectivity index (χ4v) is 9.04. The van der Waals surface area contributed by atoms with E-state index >= 15 is 0 Å². The first-order chi connectivity index (χ1) is 33.3. The van der Waals surface area contributed by atoms with E-state index in [1.54, 1.807) is 64.1 Å². The number of urea groups is 1. The number of unbranched alkanes of at least 4 members (excludes halogenated alkanes) is 1. The van der Waals surface area contributed by atoms with Crippen molar-refractivity contribution >= 4 is 53.4 Å². The number of benzene rings is 2. The molecule has 19 nitrogen and oxygen atoms in total. The molecule has 0 bridgehead atoms. The number of thioether (sulfide) groups is 1. The molecule has 2 aliphatic heterocycles. The number of carbonyl (C=O) groups excluding carboxylic acids is 5. The van der Waals surface area contributed by atoms with Crippen LogP contribution in [0.5, 0.6) is 11.5 Å². The van der Waals surface area contributed by atoms with Crippen molar-refractivity contribution in [3.63, 3.8) is 0 Å². The topological polar surface area (TPSA) is 269 Å². The van der Waals surface area contributed by atoms with Gasteiger partial charge in [-0.3, -0.25) is 28.8 Å². The number of carboxylic acid groups (broad SMARTS) is 2. The molecule has 8 N–H and O–H groups in total. The van der Waals surface area contributed by atoms with E-state index in [1.165, 1.54) is 6.07 Å². The van der Waals surface area contributed by atoms with Crippen LogP contribution >= 0.6 is 11.8 Å². The van der Waals surface area contributed by atoms with Gasteiger partial charge in [-0.1, -0.05) is 18.6 Å². The summed E-state index contributed by atoms with van der Waals surface area (Å²) in [6.45, 7) is 15.0. The number of ether oxygens (including phenoxy) is 4. The van der Waals surface area contributed by atoms with Crippen molar-refractivity contribution in [2.24, 2.45) is 10.8 Å². The van der Waals surface area contributed by atoms with Crippen LogP contribution in [0.15, 0.2) is 42.5 Å². The van der Waals surface area contributed by atoms with Crippen LogP contribution in [0.4, 0.5) is 4.79 Å². The van der Waals surface area contributed by atoms with E-state index in [2.05, 4.69) is 31.9 Å². The zero-order valence-corrected chi connectivity index (χ0v) is 43.4. The van der Waals surface area contributed by atoms with Crippen molar-refractivity contribution in [3.8, 4) is 22.6 Å². The van der Waals surface area contributed by atoms with Crippen molar-refractivity contribution in [3.05, 3.63) is 48.0 Å². The molecule has 0 aliphatic carbocycles. The second-order valence-electron chi connectivity index (χ2n) is 20.6. The van der Waals surface area contributed by atoms with Gasteiger partial charge in [0.05, 0.1) is 34.1 Å². The minimum Gasteiger partial charge on any atom is -0.484 e. The minimum atomic E-state index is -0.922. The lowest BCUT2D eigenvalue weighted by Gasteiger charge is -2.27. The zero-order chi connectivity index (χ0) is 52.4. The molecule has 2 aromatic rings. The molecule has 394 valence electrons. The number of amides is 6. The van der Waals surface area contributed by atoms with Crippen molar-refractivity contribution in [1.82, 2.24) is 31.9 Å². The summed E-state index contributed by atoms with van der Waals surface area (Å²) < 4.78 is 23.5. The first-order valence-electron chi connectivity index (χ1n) is 24.4. The highest BCUT2D eigenvalue weighted by Gasteiger charge is 2.42. The molecule has 20 heteroatoms. The molecule has 2 saturated heterocycles. The number of hydrogen-bond donors (Lipinski definition) is 8. The van der Waals surface area contributed by atoms with Gasteiger partial charge < -0.3 is 61.1 Å². The Balaban J connectivity index is 1.29. The Morgan fingerprint density at radius 3 is 1.73 bits per heavy atom. The van der Waals surface area contributed by atoms with Crippen LogP contribution in [0.3, 0.4) is 0 Å². The Morgan fingerprint density at radius 1 is 0.634 bits per heavy atom. The third-order valence-corrected chi connectivity index (χ3v) is 14.1. The maximum Gasteiger partial charge on any atom is 0.315 e. The van der Waals surface area contributed by atoms with Crippen LogP contribution in [0.1, 0.15) is 117 Å². The second kappa shape index (κ2) is 26.7. The molecule has 2 heterocycles. The number of hydrogen-bond acceptors (Lipinski definition) is 12. The SMILES string of the molecule is CC(C)(CCNC(=O)COc1ccc(-c2cc(OCC(=O)NCCC(C)(C)OCCC(C)(C)C(=O)O)cc(C(=O)NCCNC(=O)CCCC[C@@H]3SC[C@@H]4NC(=O)N[C@@H]43)c2)cc1)OCCC(C)(C)C(=O)O. The fourth-order valence-electron chi connectivity index (χ4n) is 7.50. The van der Waals surface area contributed by atoms with E-state index in [-0.39, 0.29) is 87.3 Å². The van der Waals surface area contributed by atoms with Crippen molar-refractivity contribution in [1.29, 1.82) is 0 Å². The van der Waals surface area contributed by atoms with Gasteiger partial charge in [0, 0.05) is 62.4 Å². The monoisotopic (exact) mass is 1010 g/mol. The number of carboxylic acids is 2. The first-order valence-corrected chi connectivity index (χ1v) is 25.4. The van der Waals surface area contributed by atoms with Crippen LogP contribution < -0.4 is 41.4 Å². The molecule has 0 radical (unpaired) electrons. The van der Waals surface area contributed by atoms with Gasteiger partial charge >= 0.3 is 18.0 Å². The van der Waals surface area contributed by atoms with Gasteiger partial charge in [-0.25, -0.2) is 4.79 Å². The van der Waals surface area contributed by atoms with Gasteiger partial charge in [-0.2, -0.15) is 11.8 Å². The fraction of sp³-hybridized carbons (Fsp3) is 0.627. The number of fused-ring (bicyclic) bond motifs is 1. The van der Waals surface area contributed by atoms with E-state index in [0.717, 1.165) is 18.6 Å². The average Bonchev–Trinajstić information content (AvgIpc) is 3.86. The average molecular weight is 1010 g/mol. The molecule has 2 aromatic carbocycles. The minimum absolute atomic E-state index is 0.117. The predicted molar refractivity (Wildman–Crippen MR) is 270 cm³/mol. The molecule has 3 atom stereocenters. The highest BCUT2D eigenvalue weighted by Crippen LogP contribution is 2.33. The summed E-state index contributed by atoms with van der Waals surface area (Å²) in [7, 11) is 0. The highest BCUT2D eigenvalue weighted by atomic mass is 32.2. The molecule has 0 aromatic heterocycles. The Bertz CT molecular complexity index is 2150. The van der Waals surface area contributed by atoms with E-state index < -0.39 is 45.8 Å². The summed E-state index contributed by atoms with van der Waals surface area (Å²) in [5.74, 6) is -1.49. The van der Waals surface area contributed by atoms with E-state index in [0.29, 0.717) is 67.2 Å². The molecule has 2 aliphatic rings. The molecule has 6 amide bonds. The smallest absolute Gasteiger partial charge is 0.315 e. The Labute approximate surface area is 421 Å². The normalized spacial score (nSPS) is 16.8. The van der Waals surface area contributed by atoms with Gasteiger partial charge in [0.2, 0.25) is 5.91 Å². The number of carbonyl (C=O) groups is 7. The largest absolute Gasteiger partial charge is 0.484 e. The van der Waals surface area contributed by atoms with Crippen molar-refractivity contribution < 1.29 is 62.7 Å². The maximum absolute atomic E-state index is 13.5. The predicted octanol–water partition coefficient (Wildman–Crippen LogP) is 5.29.